The summed E-state index contributed by atoms with van der Waals surface area (Å²) < 4.78 is 18.1. The van der Waals surface area contributed by atoms with E-state index in [1.165, 1.54) is 25.0 Å². The third-order valence-corrected chi connectivity index (χ3v) is 2.54. The van der Waals surface area contributed by atoms with Gasteiger partial charge in [0.2, 0.25) is 0 Å². The molecule has 1 aromatic rings. The second-order valence-electron chi connectivity index (χ2n) is 4.07. The van der Waals surface area contributed by atoms with Crippen molar-refractivity contribution in [2.75, 3.05) is 0 Å². The smallest absolute Gasteiger partial charge is 0.311 e. The monoisotopic (exact) mass is 238 g/mol. The minimum absolute atomic E-state index is 0.0195. The van der Waals surface area contributed by atoms with E-state index in [0.29, 0.717) is 6.42 Å². The maximum atomic E-state index is 13.2. The van der Waals surface area contributed by atoms with Crippen LogP contribution in [0.15, 0.2) is 24.3 Å². The lowest BCUT2D eigenvalue weighted by molar-refractivity contribution is -0.134. The van der Waals surface area contributed by atoms with Crippen LogP contribution < -0.4 is 4.74 Å². The zero-order valence-corrected chi connectivity index (χ0v) is 10.2. The van der Waals surface area contributed by atoms with Crippen LogP contribution in [-0.2, 0) is 4.79 Å². The molecule has 94 valence electrons. The number of hydrogen-bond donors (Lipinski definition) is 0. The Labute approximate surface area is 102 Å². The summed E-state index contributed by atoms with van der Waals surface area (Å²) in [4.78, 5) is 11.4. The molecule has 0 heterocycles. The normalized spacial score (nSPS) is 10.2. The second-order valence-corrected chi connectivity index (χ2v) is 4.07. The summed E-state index contributed by atoms with van der Waals surface area (Å²) in [5.41, 5.74) is 0. The number of hydrogen-bond acceptors (Lipinski definition) is 2. The molecule has 0 saturated heterocycles. The quantitative estimate of drug-likeness (QED) is 0.406. The Morgan fingerprint density at radius 2 is 1.88 bits per heavy atom. The van der Waals surface area contributed by atoms with Crippen LogP contribution in [0.25, 0.3) is 0 Å². The summed E-state index contributed by atoms with van der Waals surface area (Å²) >= 11 is 0. The van der Waals surface area contributed by atoms with Crippen LogP contribution in [0.5, 0.6) is 5.75 Å². The highest BCUT2D eigenvalue weighted by atomic mass is 19.1. The number of para-hydroxylation sites is 1. The van der Waals surface area contributed by atoms with Crippen molar-refractivity contribution in [3.63, 3.8) is 0 Å². The van der Waals surface area contributed by atoms with Crippen molar-refractivity contribution < 1.29 is 13.9 Å². The van der Waals surface area contributed by atoms with Gasteiger partial charge in [-0.2, -0.15) is 0 Å². The molecule has 0 atom stereocenters. The molecule has 0 spiro atoms. The average molecular weight is 238 g/mol. The van der Waals surface area contributed by atoms with Crippen LogP contribution >= 0.6 is 0 Å². The molecule has 0 aromatic heterocycles. The van der Waals surface area contributed by atoms with E-state index in [9.17, 15) is 9.18 Å². The predicted molar refractivity (Wildman–Crippen MR) is 65.4 cm³/mol. The van der Waals surface area contributed by atoms with Gasteiger partial charge in [-0.15, -0.1) is 0 Å². The largest absolute Gasteiger partial charge is 0.423 e. The Hall–Kier alpha value is -1.38. The molecule has 0 aliphatic rings. The van der Waals surface area contributed by atoms with Crippen molar-refractivity contribution in [3.8, 4) is 5.75 Å². The standard InChI is InChI=1S/C14H19FO2/c1-2-3-4-5-6-11-14(16)17-13-10-8-7-9-12(13)15/h7-10H,2-6,11H2,1H3. The first-order valence-corrected chi connectivity index (χ1v) is 6.19. The first kappa shape index (κ1) is 13.7. The topological polar surface area (TPSA) is 26.3 Å². The van der Waals surface area contributed by atoms with E-state index in [1.807, 2.05) is 0 Å². The molecule has 2 nitrogen and oxygen atoms in total. The molecule has 3 heteroatoms. The first-order chi connectivity index (χ1) is 8.24. The summed E-state index contributed by atoms with van der Waals surface area (Å²) in [6.45, 7) is 2.15. The molecule has 0 amide bonds. The second kappa shape index (κ2) is 7.82. The van der Waals surface area contributed by atoms with E-state index >= 15 is 0 Å². The number of ether oxygens (including phenoxy) is 1. The van der Waals surface area contributed by atoms with Crippen LogP contribution in [0.1, 0.15) is 45.4 Å². The summed E-state index contributed by atoms with van der Waals surface area (Å²) in [7, 11) is 0. The Morgan fingerprint density at radius 3 is 2.59 bits per heavy atom. The van der Waals surface area contributed by atoms with E-state index in [4.69, 9.17) is 4.74 Å². The molecule has 0 radical (unpaired) electrons. The van der Waals surface area contributed by atoms with Gasteiger partial charge < -0.3 is 4.74 Å². The molecule has 0 aliphatic heterocycles. The minimum Gasteiger partial charge on any atom is -0.423 e. The maximum absolute atomic E-state index is 13.2. The molecular formula is C14H19FO2. The molecule has 0 fully saturated rings. The minimum atomic E-state index is -0.494. The summed E-state index contributed by atoms with van der Waals surface area (Å²) in [5, 5.41) is 0. The Kier molecular flexibility index (Phi) is 6.30. The summed E-state index contributed by atoms with van der Waals surface area (Å²) in [5.74, 6) is -0.829. The van der Waals surface area contributed by atoms with Gasteiger partial charge in [0.1, 0.15) is 0 Å². The fraction of sp³-hybridized carbons (Fsp3) is 0.500. The lowest BCUT2D eigenvalue weighted by Gasteiger charge is -2.04. The fourth-order valence-electron chi connectivity index (χ4n) is 1.57. The zero-order valence-electron chi connectivity index (χ0n) is 10.2. The summed E-state index contributed by atoms with van der Waals surface area (Å²) in [6.07, 6.45) is 5.72. The van der Waals surface area contributed by atoms with Gasteiger partial charge in [0.05, 0.1) is 0 Å². The van der Waals surface area contributed by atoms with Gasteiger partial charge in [0.25, 0.3) is 0 Å². The average Bonchev–Trinajstić information content (AvgIpc) is 2.32. The molecule has 0 unspecified atom stereocenters. The van der Waals surface area contributed by atoms with Gasteiger partial charge >= 0.3 is 5.97 Å². The van der Waals surface area contributed by atoms with E-state index < -0.39 is 5.82 Å². The third kappa shape index (κ3) is 5.48. The van der Waals surface area contributed by atoms with Gasteiger partial charge in [-0.3, -0.25) is 4.79 Å². The lowest BCUT2D eigenvalue weighted by atomic mass is 10.1. The van der Waals surface area contributed by atoms with E-state index in [1.54, 1.807) is 12.1 Å². The molecule has 1 rings (SSSR count). The van der Waals surface area contributed by atoms with Crippen molar-refractivity contribution in [2.24, 2.45) is 0 Å². The van der Waals surface area contributed by atoms with Crippen molar-refractivity contribution >= 4 is 5.97 Å². The maximum Gasteiger partial charge on any atom is 0.311 e. The van der Waals surface area contributed by atoms with Crippen LogP contribution in [0.4, 0.5) is 4.39 Å². The van der Waals surface area contributed by atoms with E-state index in [-0.39, 0.29) is 11.7 Å². The number of carbonyl (C=O) groups is 1. The fourth-order valence-corrected chi connectivity index (χ4v) is 1.57. The number of carbonyl (C=O) groups excluding carboxylic acids is 1. The van der Waals surface area contributed by atoms with Crippen molar-refractivity contribution in [1.82, 2.24) is 0 Å². The van der Waals surface area contributed by atoms with Gasteiger partial charge in [0.15, 0.2) is 11.6 Å². The number of unbranched alkanes of at least 4 members (excludes halogenated alkanes) is 4. The molecule has 0 aliphatic carbocycles. The van der Waals surface area contributed by atoms with Crippen molar-refractivity contribution in [1.29, 1.82) is 0 Å². The number of rotatable bonds is 7. The van der Waals surface area contributed by atoms with Crippen LogP contribution in [0, 0.1) is 5.82 Å². The van der Waals surface area contributed by atoms with E-state index in [0.717, 1.165) is 19.3 Å². The number of halogens is 1. The van der Waals surface area contributed by atoms with Crippen LogP contribution in [0.3, 0.4) is 0 Å². The summed E-state index contributed by atoms with van der Waals surface area (Å²) in [6, 6.07) is 5.96. The molecule has 0 N–H and O–H groups in total. The lowest BCUT2D eigenvalue weighted by Crippen LogP contribution is -2.08. The van der Waals surface area contributed by atoms with Crippen LogP contribution in [0.2, 0.25) is 0 Å². The number of benzene rings is 1. The molecule has 1 aromatic carbocycles. The van der Waals surface area contributed by atoms with E-state index in [2.05, 4.69) is 6.92 Å². The zero-order chi connectivity index (χ0) is 12.5. The van der Waals surface area contributed by atoms with Crippen molar-refractivity contribution in [3.05, 3.63) is 30.1 Å². The predicted octanol–water partition coefficient (Wildman–Crippen LogP) is 4.09. The first-order valence-electron chi connectivity index (χ1n) is 6.19. The highest BCUT2D eigenvalue weighted by Crippen LogP contribution is 2.16. The van der Waals surface area contributed by atoms with Crippen molar-refractivity contribution in [2.45, 2.75) is 45.4 Å². The highest BCUT2D eigenvalue weighted by molar-refractivity contribution is 5.72. The SMILES string of the molecule is CCCCCCCC(=O)Oc1ccccc1F. The Balaban J connectivity index is 2.23. The number of esters is 1. The molecule has 17 heavy (non-hydrogen) atoms. The Bertz CT molecular complexity index is 350. The van der Waals surface area contributed by atoms with Gasteiger partial charge in [-0.1, -0.05) is 44.7 Å². The van der Waals surface area contributed by atoms with Gasteiger partial charge in [-0.25, -0.2) is 4.39 Å². The Morgan fingerprint density at radius 1 is 1.18 bits per heavy atom. The molecule has 0 bridgehead atoms. The van der Waals surface area contributed by atoms with Crippen LogP contribution in [-0.4, -0.2) is 5.97 Å². The third-order valence-electron chi connectivity index (χ3n) is 2.54. The molecular weight excluding hydrogens is 219 g/mol. The highest BCUT2D eigenvalue weighted by Gasteiger charge is 2.07. The molecule has 0 saturated carbocycles. The van der Waals surface area contributed by atoms with Gasteiger partial charge in [0, 0.05) is 6.42 Å². The van der Waals surface area contributed by atoms with Gasteiger partial charge in [-0.05, 0) is 18.6 Å².